The maximum atomic E-state index is 4.65. The number of hydrogen-bond acceptors (Lipinski definition) is 2. The highest BCUT2D eigenvalue weighted by molar-refractivity contribution is 5.12. The molecule has 0 radical (unpaired) electrons. The smallest absolute Gasteiger partial charge is 0.0624 e. The molecule has 1 rings (SSSR count). The first-order valence-corrected chi connectivity index (χ1v) is 7.28. The zero-order valence-electron chi connectivity index (χ0n) is 12.7. The van der Waals surface area contributed by atoms with Crippen LogP contribution in [0.2, 0.25) is 0 Å². The lowest BCUT2D eigenvalue weighted by Gasteiger charge is -2.29. The first-order valence-electron chi connectivity index (χ1n) is 7.28. The third-order valence-electron chi connectivity index (χ3n) is 3.64. The Morgan fingerprint density at radius 3 is 2.56 bits per heavy atom. The summed E-state index contributed by atoms with van der Waals surface area (Å²) in [5.41, 5.74) is 2.94. The van der Waals surface area contributed by atoms with Crippen molar-refractivity contribution in [2.45, 2.75) is 59.9 Å². The zero-order valence-corrected chi connectivity index (χ0v) is 12.7. The molecule has 0 fully saturated rings. The maximum absolute atomic E-state index is 4.65. The van der Waals surface area contributed by atoms with Gasteiger partial charge in [0.1, 0.15) is 0 Å². The molecule has 0 saturated carbocycles. The van der Waals surface area contributed by atoms with Gasteiger partial charge in [-0.1, -0.05) is 27.2 Å². The highest BCUT2D eigenvalue weighted by atomic mass is 15.3. The molecule has 0 bridgehead atoms. The first kappa shape index (κ1) is 15.2. The summed E-state index contributed by atoms with van der Waals surface area (Å²) in [4.78, 5) is 0. The van der Waals surface area contributed by atoms with Gasteiger partial charge in [0.2, 0.25) is 0 Å². The number of nitrogens with one attached hydrogen (secondary N) is 1. The van der Waals surface area contributed by atoms with Crippen LogP contribution in [0.5, 0.6) is 0 Å². The quantitative estimate of drug-likeness (QED) is 0.769. The Kier molecular flexibility index (Phi) is 5.86. The van der Waals surface area contributed by atoms with Crippen LogP contribution >= 0.6 is 0 Å². The molecular formula is C15H29N3. The van der Waals surface area contributed by atoms with Crippen molar-refractivity contribution < 1.29 is 0 Å². The minimum absolute atomic E-state index is 0.335. The molecule has 0 aliphatic heterocycles. The number of rotatable bonds is 8. The van der Waals surface area contributed by atoms with Crippen LogP contribution in [-0.4, -0.2) is 23.4 Å². The molecule has 104 valence electrons. The zero-order chi connectivity index (χ0) is 13.6. The summed E-state index contributed by atoms with van der Waals surface area (Å²) in [5.74, 6) is 0. The summed E-state index contributed by atoms with van der Waals surface area (Å²) in [6.45, 7) is 11.0. The summed E-state index contributed by atoms with van der Waals surface area (Å²) < 4.78 is 2.17. The maximum Gasteiger partial charge on any atom is 0.0624 e. The molecule has 18 heavy (non-hydrogen) atoms. The lowest BCUT2D eigenvalue weighted by Crippen LogP contribution is -2.32. The molecule has 0 aliphatic carbocycles. The van der Waals surface area contributed by atoms with Gasteiger partial charge in [-0.3, -0.25) is 4.68 Å². The van der Waals surface area contributed by atoms with Crippen molar-refractivity contribution in [1.29, 1.82) is 0 Å². The highest BCUT2D eigenvalue weighted by Crippen LogP contribution is 2.28. The molecule has 3 nitrogen and oxygen atoms in total. The SMILES string of the molecule is CCCC(C)(CNC)Cc1cc(CC)nn1CC. The van der Waals surface area contributed by atoms with Crippen molar-refractivity contribution in [3.8, 4) is 0 Å². The van der Waals surface area contributed by atoms with E-state index < -0.39 is 0 Å². The molecule has 1 unspecified atom stereocenters. The minimum atomic E-state index is 0.335. The van der Waals surface area contributed by atoms with Gasteiger partial charge < -0.3 is 5.32 Å². The summed E-state index contributed by atoms with van der Waals surface area (Å²) in [5, 5.41) is 7.99. The van der Waals surface area contributed by atoms with Crippen molar-refractivity contribution in [3.05, 3.63) is 17.5 Å². The second kappa shape index (κ2) is 6.93. The summed E-state index contributed by atoms with van der Waals surface area (Å²) in [7, 11) is 2.04. The molecule has 1 heterocycles. The Bertz CT molecular complexity index is 349. The van der Waals surface area contributed by atoms with Crippen LogP contribution in [-0.2, 0) is 19.4 Å². The van der Waals surface area contributed by atoms with E-state index in [-0.39, 0.29) is 0 Å². The van der Waals surface area contributed by atoms with Crippen LogP contribution in [0.15, 0.2) is 6.07 Å². The predicted octanol–water partition coefficient (Wildman–Crippen LogP) is 3.03. The lowest BCUT2D eigenvalue weighted by molar-refractivity contribution is 0.275. The van der Waals surface area contributed by atoms with E-state index in [9.17, 15) is 0 Å². The van der Waals surface area contributed by atoms with E-state index in [0.717, 1.165) is 25.9 Å². The molecule has 1 atom stereocenters. The summed E-state index contributed by atoms with van der Waals surface area (Å²) in [6.07, 6.45) is 4.63. The van der Waals surface area contributed by atoms with Gasteiger partial charge in [0.25, 0.3) is 0 Å². The van der Waals surface area contributed by atoms with Crippen LogP contribution in [0.4, 0.5) is 0 Å². The van der Waals surface area contributed by atoms with E-state index in [1.165, 1.54) is 24.2 Å². The standard InChI is InChI=1S/C15H29N3/c1-6-9-15(4,12-16-5)11-14-10-13(7-2)17-18(14)8-3/h10,16H,6-9,11-12H2,1-5H3. The number of aryl methyl sites for hydroxylation is 2. The van der Waals surface area contributed by atoms with Gasteiger partial charge in [-0.25, -0.2) is 0 Å². The van der Waals surface area contributed by atoms with Gasteiger partial charge in [0, 0.05) is 18.8 Å². The molecule has 0 aromatic carbocycles. The topological polar surface area (TPSA) is 29.9 Å². The molecule has 0 amide bonds. The Hall–Kier alpha value is -0.830. The Labute approximate surface area is 112 Å². The lowest BCUT2D eigenvalue weighted by atomic mass is 9.81. The van der Waals surface area contributed by atoms with Crippen molar-refractivity contribution in [3.63, 3.8) is 0 Å². The molecular weight excluding hydrogens is 222 g/mol. The Morgan fingerprint density at radius 2 is 2.06 bits per heavy atom. The van der Waals surface area contributed by atoms with E-state index in [2.05, 4.69) is 48.9 Å². The summed E-state index contributed by atoms with van der Waals surface area (Å²) >= 11 is 0. The van der Waals surface area contributed by atoms with Crippen LogP contribution in [0.25, 0.3) is 0 Å². The van der Waals surface area contributed by atoms with Gasteiger partial charge in [0.15, 0.2) is 0 Å². The van der Waals surface area contributed by atoms with Crippen molar-refractivity contribution in [2.75, 3.05) is 13.6 Å². The number of hydrogen-bond donors (Lipinski definition) is 1. The molecule has 1 N–H and O–H groups in total. The fraction of sp³-hybridized carbons (Fsp3) is 0.800. The third-order valence-corrected chi connectivity index (χ3v) is 3.64. The number of nitrogens with zero attached hydrogens (tertiary/aromatic N) is 2. The average molecular weight is 251 g/mol. The van der Waals surface area contributed by atoms with E-state index in [1.54, 1.807) is 0 Å². The van der Waals surface area contributed by atoms with E-state index >= 15 is 0 Å². The van der Waals surface area contributed by atoms with Gasteiger partial charge in [-0.2, -0.15) is 5.10 Å². The second-order valence-corrected chi connectivity index (χ2v) is 5.56. The number of aromatic nitrogens is 2. The van der Waals surface area contributed by atoms with Crippen LogP contribution in [0.1, 0.15) is 51.9 Å². The van der Waals surface area contributed by atoms with E-state index in [0.29, 0.717) is 5.41 Å². The van der Waals surface area contributed by atoms with Gasteiger partial charge in [-0.05, 0) is 44.7 Å². The van der Waals surface area contributed by atoms with Crippen LogP contribution in [0.3, 0.4) is 0 Å². The van der Waals surface area contributed by atoms with E-state index in [1.807, 2.05) is 7.05 Å². The summed E-state index contributed by atoms with van der Waals surface area (Å²) in [6, 6.07) is 2.28. The molecule has 0 aliphatic rings. The highest BCUT2D eigenvalue weighted by Gasteiger charge is 2.25. The fourth-order valence-corrected chi connectivity index (χ4v) is 2.81. The monoisotopic (exact) mass is 251 g/mol. The first-order chi connectivity index (χ1) is 8.58. The minimum Gasteiger partial charge on any atom is -0.319 e. The molecule has 0 spiro atoms. The molecule has 1 aromatic heterocycles. The van der Waals surface area contributed by atoms with Crippen LogP contribution in [0, 0.1) is 5.41 Å². The molecule has 3 heteroatoms. The average Bonchev–Trinajstić information content (AvgIpc) is 2.71. The fourth-order valence-electron chi connectivity index (χ4n) is 2.81. The van der Waals surface area contributed by atoms with Gasteiger partial charge in [-0.15, -0.1) is 0 Å². The van der Waals surface area contributed by atoms with Gasteiger partial charge >= 0.3 is 0 Å². The third kappa shape index (κ3) is 3.84. The van der Waals surface area contributed by atoms with Crippen molar-refractivity contribution in [1.82, 2.24) is 15.1 Å². The normalized spacial score (nSPS) is 14.7. The largest absolute Gasteiger partial charge is 0.319 e. The van der Waals surface area contributed by atoms with Crippen molar-refractivity contribution in [2.24, 2.45) is 5.41 Å². The molecule has 0 saturated heterocycles. The van der Waals surface area contributed by atoms with Crippen molar-refractivity contribution >= 4 is 0 Å². The van der Waals surface area contributed by atoms with Crippen LogP contribution < -0.4 is 5.32 Å². The predicted molar refractivity (Wildman–Crippen MR) is 77.9 cm³/mol. The van der Waals surface area contributed by atoms with E-state index in [4.69, 9.17) is 0 Å². The Balaban J connectivity index is 2.88. The Morgan fingerprint density at radius 1 is 1.33 bits per heavy atom. The second-order valence-electron chi connectivity index (χ2n) is 5.56. The van der Waals surface area contributed by atoms with Gasteiger partial charge in [0.05, 0.1) is 5.69 Å². The molecule has 1 aromatic rings.